The van der Waals surface area contributed by atoms with E-state index in [2.05, 4.69) is 15.3 Å². The van der Waals surface area contributed by atoms with E-state index in [9.17, 15) is 19.7 Å². The predicted molar refractivity (Wildman–Crippen MR) is 116 cm³/mol. The molecule has 0 saturated heterocycles. The molecule has 0 saturated carbocycles. The van der Waals surface area contributed by atoms with E-state index in [-0.39, 0.29) is 17.2 Å². The number of H-pyrrole nitrogens is 1. The lowest BCUT2D eigenvalue weighted by Crippen LogP contribution is -2.26. The summed E-state index contributed by atoms with van der Waals surface area (Å²) in [5, 5.41) is 13.6. The van der Waals surface area contributed by atoms with E-state index in [0.29, 0.717) is 18.5 Å². The molecule has 0 radical (unpaired) electrons. The molecule has 0 spiro atoms. The van der Waals surface area contributed by atoms with Crippen molar-refractivity contribution in [3.8, 4) is 11.1 Å². The molecule has 1 aliphatic carbocycles. The molecular formula is C23H22N4O4. The number of carbonyl (C=O) groups excluding carboxylic acids is 1. The van der Waals surface area contributed by atoms with E-state index in [0.717, 1.165) is 53.5 Å². The summed E-state index contributed by atoms with van der Waals surface area (Å²) < 4.78 is 0. The van der Waals surface area contributed by atoms with Crippen LogP contribution in [-0.4, -0.2) is 27.3 Å². The monoisotopic (exact) mass is 418 g/mol. The van der Waals surface area contributed by atoms with Crippen LogP contribution in [0.15, 0.2) is 53.7 Å². The molecule has 1 aromatic carbocycles. The Morgan fingerprint density at radius 2 is 1.87 bits per heavy atom. The molecule has 0 aliphatic heterocycles. The lowest BCUT2D eigenvalue weighted by molar-refractivity contribution is -0.384. The van der Waals surface area contributed by atoms with Crippen LogP contribution in [0.4, 0.5) is 5.69 Å². The van der Waals surface area contributed by atoms with Gasteiger partial charge in [0.05, 0.1) is 10.5 Å². The molecular weight excluding hydrogens is 396 g/mol. The van der Waals surface area contributed by atoms with Crippen LogP contribution in [-0.2, 0) is 19.3 Å². The zero-order valence-electron chi connectivity index (χ0n) is 16.9. The molecule has 2 heterocycles. The number of hydrogen-bond donors (Lipinski definition) is 2. The molecule has 4 rings (SSSR count). The molecule has 2 aromatic heterocycles. The van der Waals surface area contributed by atoms with Gasteiger partial charge < -0.3 is 10.3 Å². The standard InChI is InChI=1S/C23H22N4O4/c28-22(25-10-9-15-5-7-18(8-6-15)27(30)31)17-11-16(12-24-13-17)21-14-26-23(29)20-4-2-1-3-19(20)21/h5-8,11-14H,1-4,9-10H2,(H,25,28)(H,26,29). The SMILES string of the molecule is O=C(NCCc1ccc([N+](=O)[O-])cc1)c1cncc(-c2c[nH]c(=O)c3c2CCCC3)c1. The van der Waals surface area contributed by atoms with Crippen molar-refractivity contribution in [3.63, 3.8) is 0 Å². The lowest BCUT2D eigenvalue weighted by atomic mass is 9.88. The van der Waals surface area contributed by atoms with Crippen molar-refractivity contribution in [3.05, 3.63) is 91.6 Å². The van der Waals surface area contributed by atoms with Gasteiger partial charge >= 0.3 is 0 Å². The lowest BCUT2D eigenvalue weighted by Gasteiger charge is -2.18. The van der Waals surface area contributed by atoms with Crippen LogP contribution < -0.4 is 10.9 Å². The van der Waals surface area contributed by atoms with Gasteiger partial charge in [0, 0.05) is 54.0 Å². The largest absolute Gasteiger partial charge is 0.352 e. The highest BCUT2D eigenvalue weighted by molar-refractivity contribution is 5.95. The molecule has 1 aliphatic rings. The molecule has 0 atom stereocenters. The van der Waals surface area contributed by atoms with Crippen molar-refractivity contribution in [2.75, 3.05) is 6.54 Å². The second-order valence-corrected chi connectivity index (χ2v) is 7.59. The second-order valence-electron chi connectivity index (χ2n) is 7.59. The second kappa shape index (κ2) is 8.91. The molecule has 8 heteroatoms. The van der Waals surface area contributed by atoms with Crippen molar-refractivity contribution < 1.29 is 9.72 Å². The van der Waals surface area contributed by atoms with Gasteiger partial charge in [0.1, 0.15) is 0 Å². The summed E-state index contributed by atoms with van der Waals surface area (Å²) in [5.74, 6) is -0.241. The molecule has 158 valence electrons. The Hall–Kier alpha value is -3.81. The summed E-state index contributed by atoms with van der Waals surface area (Å²) in [5.41, 5.74) is 4.95. The van der Waals surface area contributed by atoms with E-state index in [4.69, 9.17) is 0 Å². The van der Waals surface area contributed by atoms with Crippen LogP contribution in [0.3, 0.4) is 0 Å². The summed E-state index contributed by atoms with van der Waals surface area (Å²) in [4.78, 5) is 42.1. The van der Waals surface area contributed by atoms with Crippen LogP contribution >= 0.6 is 0 Å². The number of pyridine rings is 2. The minimum Gasteiger partial charge on any atom is -0.352 e. The van der Waals surface area contributed by atoms with Gasteiger partial charge in [-0.1, -0.05) is 12.1 Å². The molecule has 2 N–H and O–H groups in total. The third kappa shape index (κ3) is 4.53. The number of rotatable bonds is 6. The van der Waals surface area contributed by atoms with Crippen LogP contribution in [0, 0.1) is 10.1 Å². The predicted octanol–water partition coefficient (Wildman–Crippen LogP) is 3.20. The van der Waals surface area contributed by atoms with Crippen LogP contribution in [0.1, 0.15) is 39.9 Å². The van der Waals surface area contributed by atoms with Crippen molar-refractivity contribution in [2.45, 2.75) is 32.1 Å². The van der Waals surface area contributed by atoms with Gasteiger partial charge in [-0.15, -0.1) is 0 Å². The number of carbonyl (C=O) groups is 1. The first kappa shape index (κ1) is 20.5. The van der Waals surface area contributed by atoms with Gasteiger partial charge in [-0.3, -0.25) is 24.7 Å². The first-order valence-electron chi connectivity index (χ1n) is 10.2. The zero-order valence-corrected chi connectivity index (χ0v) is 16.9. The Labute approximate surface area is 178 Å². The fraction of sp³-hybridized carbons (Fsp3) is 0.261. The third-order valence-corrected chi connectivity index (χ3v) is 5.57. The number of nitrogens with zero attached hydrogens (tertiary/aromatic N) is 2. The smallest absolute Gasteiger partial charge is 0.269 e. The number of hydrogen-bond acceptors (Lipinski definition) is 5. The summed E-state index contributed by atoms with van der Waals surface area (Å²) in [6.45, 7) is 0.398. The highest BCUT2D eigenvalue weighted by atomic mass is 16.6. The summed E-state index contributed by atoms with van der Waals surface area (Å²) in [7, 11) is 0. The van der Waals surface area contributed by atoms with Gasteiger partial charge in [0.2, 0.25) is 0 Å². The molecule has 8 nitrogen and oxygen atoms in total. The molecule has 31 heavy (non-hydrogen) atoms. The summed E-state index contributed by atoms with van der Waals surface area (Å²) in [6, 6.07) is 8.07. The summed E-state index contributed by atoms with van der Waals surface area (Å²) >= 11 is 0. The van der Waals surface area contributed by atoms with Crippen molar-refractivity contribution in [2.24, 2.45) is 0 Å². The Morgan fingerprint density at radius 3 is 2.61 bits per heavy atom. The number of nitro groups is 1. The summed E-state index contributed by atoms with van der Waals surface area (Å²) in [6.07, 6.45) is 9.16. The van der Waals surface area contributed by atoms with E-state index in [1.807, 2.05) is 0 Å². The quantitative estimate of drug-likeness (QED) is 0.471. The highest BCUT2D eigenvalue weighted by Gasteiger charge is 2.18. The van der Waals surface area contributed by atoms with E-state index in [1.54, 1.807) is 30.6 Å². The molecule has 3 aromatic rings. The number of nitro benzene ring substituents is 1. The maximum atomic E-state index is 12.6. The van der Waals surface area contributed by atoms with E-state index < -0.39 is 4.92 Å². The number of amides is 1. The molecule has 0 unspecified atom stereocenters. The van der Waals surface area contributed by atoms with Gasteiger partial charge in [0.25, 0.3) is 17.2 Å². The maximum Gasteiger partial charge on any atom is 0.269 e. The Morgan fingerprint density at radius 1 is 1.13 bits per heavy atom. The Kier molecular flexibility index (Phi) is 5.88. The third-order valence-electron chi connectivity index (χ3n) is 5.57. The molecule has 0 fully saturated rings. The normalized spacial score (nSPS) is 12.8. The van der Waals surface area contributed by atoms with Crippen LogP contribution in [0.5, 0.6) is 0 Å². The number of fused-ring (bicyclic) bond motifs is 1. The van der Waals surface area contributed by atoms with Crippen molar-refractivity contribution in [1.29, 1.82) is 0 Å². The van der Waals surface area contributed by atoms with Crippen LogP contribution in [0.2, 0.25) is 0 Å². The van der Waals surface area contributed by atoms with Gasteiger partial charge in [0.15, 0.2) is 0 Å². The first-order chi connectivity index (χ1) is 15.0. The van der Waals surface area contributed by atoms with Crippen LogP contribution in [0.25, 0.3) is 11.1 Å². The average Bonchev–Trinajstić information content (AvgIpc) is 2.80. The number of aromatic amines is 1. The Balaban J connectivity index is 1.45. The average molecular weight is 418 g/mol. The topological polar surface area (TPSA) is 118 Å². The maximum absolute atomic E-state index is 12.6. The first-order valence-corrected chi connectivity index (χ1v) is 10.2. The number of nitrogens with one attached hydrogen (secondary N) is 2. The fourth-order valence-electron chi connectivity index (χ4n) is 3.94. The number of non-ortho nitro benzene ring substituents is 1. The van der Waals surface area contributed by atoms with Crippen molar-refractivity contribution in [1.82, 2.24) is 15.3 Å². The molecule has 1 amide bonds. The van der Waals surface area contributed by atoms with E-state index in [1.165, 1.54) is 18.3 Å². The van der Waals surface area contributed by atoms with Crippen molar-refractivity contribution >= 4 is 11.6 Å². The fourth-order valence-corrected chi connectivity index (χ4v) is 3.94. The zero-order chi connectivity index (χ0) is 21.8. The van der Waals surface area contributed by atoms with Gasteiger partial charge in [-0.2, -0.15) is 0 Å². The minimum absolute atomic E-state index is 0.0356. The minimum atomic E-state index is -0.439. The Bertz CT molecular complexity index is 1180. The molecule has 0 bridgehead atoms. The highest BCUT2D eigenvalue weighted by Crippen LogP contribution is 2.29. The van der Waals surface area contributed by atoms with E-state index >= 15 is 0 Å². The van der Waals surface area contributed by atoms with Gasteiger partial charge in [-0.25, -0.2) is 0 Å². The number of aromatic nitrogens is 2. The number of benzene rings is 1. The van der Waals surface area contributed by atoms with Gasteiger partial charge in [-0.05, 0) is 49.3 Å².